The van der Waals surface area contributed by atoms with Crippen LogP contribution in [0.15, 0.2) is 6.07 Å². The second-order valence-electron chi connectivity index (χ2n) is 5.02. The number of aryl methyl sites for hydroxylation is 1. The van der Waals surface area contributed by atoms with Gasteiger partial charge in [0.2, 0.25) is 0 Å². The number of nitrogens with zero attached hydrogens (tertiary/aromatic N) is 4. The molecule has 0 amide bonds. The van der Waals surface area contributed by atoms with Gasteiger partial charge in [-0.25, -0.2) is 4.98 Å². The van der Waals surface area contributed by atoms with E-state index in [1.165, 1.54) is 0 Å². The van der Waals surface area contributed by atoms with Gasteiger partial charge in [0.25, 0.3) is 0 Å². The highest BCUT2D eigenvalue weighted by Crippen LogP contribution is 2.49. The van der Waals surface area contributed by atoms with E-state index in [9.17, 15) is 10.1 Å². The number of ether oxygens (including phenoxy) is 1. The van der Waals surface area contributed by atoms with Gasteiger partial charge >= 0.3 is 5.97 Å². The highest BCUT2D eigenvalue weighted by atomic mass is 35.5. The number of esters is 1. The maximum Gasteiger partial charge on any atom is 0.309 e. The highest BCUT2D eigenvalue weighted by Gasteiger charge is 2.47. The SMILES string of the molecule is CCOC(=O)[C@H]1C[C@@H]1c1nc2c(Cl)nn(C)c2cc1C#N. The molecular weight excluding hydrogens is 292 g/mol. The van der Waals surface area contributed by atoms with Crippen LogP contribution in [0.2, 0.25) is 5.15 Å². The summed E-state index contributed by atoms with van der Waals surface area (Å²) in [5, 5.41) is 13.7. The Labute approximate surface area is 126 Å². The predicted octanol–water partition coefficient (Wildman–Crippen LogP) is 2.16. The monoisotopic (exact) mass is 304 g/mol. The highest BCUT2D eigenvalue weighted by molar-refractivity contribution is 6.33. The Hall–Kier alpha value is -2.13. The summed E-state index contributed by atoms with van der Waals surface area (Å²) in [5.74, 6) is -0.512. The Morgan fingerprint density at radius 2 is 2.43 bits per heavy atom. The lowest BCUT2D eigenvalue weighted by Gasteiger charge is -2.04. The lowest BCUT2D eigenvalue weighted by atomic mass is 10.1. The van der Waals surface area contributed by atoms with E-state index >= 15 is 0 Å². The third-order valence-corrected chi connectivity index (χ3v) is 3.92. The first-order chi connectivity index (χ1) is 10.1. The molecule has 3 rings (SSSR count). The van der Waals surface area contributed by atoms with Crippen LogP contribution in [0, 0.1) is 17.2 Å². The van der Waals surface area contributed by atoms with Gasteiger partial charge in [-0.3, -0.25) is 9.48 Å². The zero-order valence-corrected chi connectivity index (χ0v) is 12.4. The third-order valence-electron chi connectivity index (χ3n) is 3.67. The number of hydrogen-bond donors (Lipinski definition) is 0. The van der Waals surface area contributed by atoms with Gasteiger partial charge in [-0.2, -0.15) is 10.4 Å². The average molecular weight is 305 g/mol. The number of fused-ring (bicyclic) bond motifs is 1. The standard InChI is InChI=1S/C14H13ClN4O2/c1-3-21-14(20)9-5-8(9)11-7(6-16)4-10-12(17-11)13(15)18-19(10)2/h4,8-9H,3,5H2,1-2H3/t8-,9-/m0/s1. The molecule has 0 spiro atoms. The molecule has 0 bridgehead atoms. The zero-order valence-electron chi connectivity index (χ0n) is 11.6. The number of aromatic nitrogens is 3. The molecule has 108 valence electrons. The number of carbonyl (C=O) groups is 1. The van der Waals surface area contributed by atoms with Crippen molar-refractivity contribution in [2.75, 3.05) is 6.61 Å². The molecule has 7 heteroatoms. The fourth-order valence-electron chi connectivity index (χ4n) is 2.53. The van der Waals surface area contributed by atoms with Gasteiger partial charge in [-0.05, 0) is 19.4 Å². The van der Waals surface area contributed by atoms with E-state index < -0.39 is 0 Å². The molecular formula is C14H13ClN4O2. The van der Waals surface area contributed by atoms with Crippen LogP contribution < -0.4 is 0 Å². The van der Waals surface area contributed by atoms with E-state index in [2.05, 4.69) is 16.2 Å². The molecule has 21 heavy (non-hydrogen) atoms. The van der Waals surface area contributed by atoms with Gasteiger partial charge in [-0.1, -0.05) is 11.6 Å². The largest absolute Gasteiger partial charge is 0.466 e. The van der Waals surface area contributed by atoms with Gasteiger partial charge in [-0.15, -0.1) is 0 Å². The lowest BCUT2D eigenvalue weighted by molar-refractivity contribution is -0.144. The second kappa shape index (κ2) is 5.01. The Balaban J connectivity index is 2.02. The Morgan fingerprint density at radius 1 is 1.67 bits per heavy atom. The molecule has 2 atom stereocenters. The normalized spacial score (nSPS) is 20.3. The van der Waals surface area contributed by atoms with Crippen molar-refractivity contribution in [3.8, 4) is 6.07 Å². The Morgan fingerprint density at radius 3 is 3.10 bits per heavy atom. The smallest absolute Gasteiger partial charge is 0.309 e. The molecule has 1 aliphatic carbocycles. The summed E-state index contributed by atoms with van der Waals surface area (Å²) < 4.78 is 6.60. The predicted molar refractivity (Wildman–Crippen MR) is 75.7 cm³/mol. The number of carbonyl (C=O) groups excluding carboxylic acids is 1. The van der Waals surface area contributed by atoms with E-state index in [-0.39, 0.29) is 17.8 Å². The molecule has 1 aliphatic rings. The number of rotatable bonds is 3. The summed E-state index contributed by atoms with van der Waals surface area (Å²) >= 11 is 6.05. The molecule has 0 N–H and O–H groups in total. The Kier molecular flexibility index (Phi) is 3.30. The van der Waals surface area contributed by atoms with Crippen molar-refractivity contribution in [3.63, 3.8) is 0 Å². The Bertz CT molecular complexity index is 777. The van der Waals surface area contributed by atoms with Crippen LogP contribution in [0.5, 0.6) is 0 Å². The van der Waals surface area contributed by atoms with E-state index in [1.807, 2.05) is 0 Å². The summed E-state index contributed by atoms with van der Waals surface area (Å²) in [6.45, 7) is 2.13. The fourth-order valence-corrected chi connectivity index (χ4v) is 2.78. The maximum absolute atomic E-state index is 11.7. The van der Waals surface area contributed by atoms with Crippen LogP contribution in [0.4, 0.5) is 0 Å². The lowest BCUT2D eigenvalue weighted by Crippen LogP contribution is -2.08. The molecule has 2 aromatic rings. The van der Waals surface area contributed by atoms with Crippen molar-refractivity contribution in [3.05, 3.63) is 22.5 Å². The first-order valence-corrected chi connectivity index (χ1v) is 7.04. The summed E-state index contributed by atoms with van der Waals surface area (Å²) in [5.41, 5.74) is 2.33. The van der Waals surface area contributed by atoms with Crippen molar-refractivity contribution in [1.82, 2.24) is 14.8 Å². The van der Waals surface area contributed by atoms with Crippen LogP contribution in [0.3, 0.4) is 0 Å². The van der Waals surface area contributed by atoms with Crippen LogP contribution in [0.1, 0.15) is 30.5 Å². The van der Waals surface area contributed by atoms with E-state index in [0.717, 1.165) is 0 Å². The minimum Gasteiger partial charge on any atom is -0.466 e. The summed E-state index contributed by atoms with van der Waals surface area (Å²) in [6, 6.07) is 3.86. The minimum absolute atomic E-state index is 0.0700. The van der Waals surface area contributed by atoms with Gasteiger partial charge in [0.1, 0.15) is 11.6 Å². The van der Waals surface area contributed by atoms with Gasteiger partial charge < -0.3 is 4.74 Å². The molecule has 2 aromatic heterocycles. The van der Waals surface area contributed by atoms with Crippen molar-refractivity contribution >= 4 is 28.6 Å². The third kappa shape index (κ3) is 2.24. The number of hydrogen-bond acceptors (Lipinski definition) is 5. The number of pyridine rings is 1. The molecule has 0 unspecified atom stereocenters. The van der Waals surface area contributed by atoms with Crippen molar-refractivity contribution in [2.45, 2.75) is 19.3 Å². The van der Waals surface area contributed by atoms with Gasteiger partial charge in [0, 0.05) is 13.0 Å². The molecule has 2 heterocycles. The topological polar surface area (TPSA) is 80.8 Å². The number of nitriles is 1. The van der Waals surface area contributed by atoms with Crippen LogP contribution in [-0.2, 0) is 16.6 Å². The van der Waals surface area contributed by atoms with Crippen LogP contribution >= 0.6 is 11.6 Å². The van der Waals surface area contributed by atoms with Gasteiger partial charge in [0.05, 0.1) is 29.3 Å². The van der Waals surface area contributed by atoms with E-state index in [0.29, 0.717) is 40.5 Å². The maximum atomic E-state index is 11.7. The van der Waals surface area contributed by atoms with E-state index in [1.54, 1.807) is 24.7 Å². The van der Waals surface area contributed by atoms with Gasteiger partial charge in [0.15, 0.2) is 5.15 Å². The second-order valence-corrected chi connectivity index (χ2v) is 5.37. The molecule has 0 saturated heterocycles. The van der Waals surface area contributed by atoms with E-state index in [4.69, 9.17) is 16.3 Å². The molecule has 0 radical (unpaired) electrons. The molecule has 0 aromatic carbocycles. The zero-order chi connectivity index (χ0) is 15.1. The first kappa shape index (κ1) is 13.8. The average Bonchev–Trinajstić information content (AvgIpc) is 3.21. The molecule has 1 saturated carbocycles. The van der Waals surface area contributed by atoms with Crippen molar-refractivity contribution in [2.24, 2.45) is 13.0 Å². The quantitative estimate of drug-likeness (QED) is 0.812. The molecule has 1 fully saturated rings. The minimum atomic E-state index is -0.231. The number of halogens is 1. The summed E-state index contributed by atoms with van der Waals surface area (Å²) in [6.07, 6.45) is 0.657. The van der Waals surface area contributed by atoms with Crippen LogP contribution in [0.25, 0.3) is 11.0 Å². The fraction of sp³-hybridized carbons (Fsp3) is 0.429. The molecule has 6 nitrogen and oxygen atoms in total. The first-order valence-electron chi connectivity index (χ1n) is 6.66. The van der Waals surface area contributed by atoms with Crippen molar-refractivity contribution < 1.29 is 9.53 Å². The summed E-state index contributed by atoms with van der Waals surface area (Å²) in [4.78, 5) is 16.2. The van der Waals surface area contributed by atoms with Crippen LogP contribution in [-0.4, -0.2) is 27.3 Å². The summed E-state index contributed by atoms with van der Waals surface area (Å²) in [7, 11) is 1.75. The molecule has 0 aliphatic heterocycles. The van der Waals surface area contributed by atoms with Crippen molar-refractivity contribution in [1.29, 1.82) is 5.26 Å².